The van der Waals surface area contributed by atoms with Crippen molar-refractivity contribution in [3.63, 3.8) is 0 Å². The summed E-state index contributed by atoms with van der Waals surface area (Å²) < 4.78 is 25.9. The summed E-state index contributed by atoms with van der Waals surface area (Å²) in [6.45, 7) is 7.44. The Morgan fingerprint density at radius 2 is 1.68 bits per heavy atom. The third-order valence-corrected chi connectivity index (χ3v) is 3.69. The summed E-state index contributed by atoms with van der Waals surface area (Å²) >= 11 is 0. The third kappa shape index (κ3) is 4.35. The van der Waals surface area contributed by atoms with Crippen LogP contribution >= 0.6 is 0 Å². The van der Waals surface area contributed by atoms with Crippen molar-refractivity contribution < 1.29 is 13.2 Å². The van der Waals surface area contributed by atoms with Crippen LogP contribution in [0.1, 0.15) is 10.4 Å². The fraction of sp³-hybridized carbons (Fsp3) is 0.154. The maximum absolute atomic E-state index is 11.8. The third-order valence-electron chi connectivity index (χ3n) is 2.25. The van der Waals surface area contributed by atoms with Crippen LogP contribution in [0.2, 0.25) is 0 Å². The van der Waals surface area contributed by atoms with E-state index in [2.05, 4.69) is 23.2 Å². The lowest BCUT2D eigenvalue weighted by Crippen LogP contribution is -2.25. The van der Waals surface area contributed by atoms with E-state index in [1.165, 1.54) is 30.3 Å². The highest BCUT2D eigenvalue weighted by Crippen LogP contribution is 2.10. The fourth-order valence-electron chi connectivity index (χ4n) is 1.30. The molecule has 0 saturated heterocycles. The Bertz CT molecular complexity index is 562. The predicted molar refractivity (Wildman–Crippen MR) is 74.4 cm³/mol. The molecule has 0 spiro atoms. The van der Waals surface area contributed by atoms with Crippen LogP contribution in [0.25, 0.3) is 0 Å². The standard InChI is InChI=1S/C13H16N2O3S/c1-3-9-14-13(16)11-5-7-12(8-6-11)19(17,18)15-10-4-2/h3-8,15H,1-2,9-10H2,(H,14,16). The van der Waals surface area contributed by atoms with Crippen molar-refractivity contribution in [1.29, 1.82) is 0 Å². The Balaban J connectivity index is 2.84. The molecule has 6 heteroatoms. The van der Waals surface area contributed by atoms with Gasteiger partial charge in [-0.3, -0.25) is 4.79 Å². The molecule has 19 heavy (non-hydrogen) atoms. The molecule has 1 rings (SSSR count). The van der Waals surface area contributed by atoms with Crippen LogP contribution in [0.4, 0.5) is 0 Å². The molecule has 0 fully saturated rings. The molecular weight excluding hydrogens is 264 g/mol. The van der Waals surface area contributed by atoms with E-state index in [-0.39, 0.29) is 17.3 Å². The average molecular weight is 280 g/mol. The molecule has 0 aliphatic carbocycles. The molecule has 102 valence electrons. The number of carbonyl (C=O) groups excluding carboxylic acids is 1. The minimum absolute atomic E-state index is 0.106. The first-order chi connectivity index (χ1) is 9.01. The molecule has 0 atom stereocenters. The summed E-state index contributed by atoms with van der Waals surface area (Å²) in [5.41, 5.74) is 0.393. The summed E-state index contributed by atoms with van der Waals surface area (Å²) in [7, 11) is -3.55. The molecule has 1 aromatic carbocycles. The zero-order valence-corrected chi connectivity index (χ0v) is 11.2. The van der Waals surface area contributed by atoms with Crippen LogP contribution in [0, 0.1) is 0 Å². The average Bonchev–Trinajstić information content (AvgIpc) is 2.42. The van der Waals surface area contributed by atoms with Crippen LogP contribution in [0.5, 0.6) is 0 Å². The van der Waals surface area contributed by atoms with Crippen molar-refractivity contribution >= 4 is 15.9 Å². The van der Waals surface area contributed by atoms with E-state index >= 15 is 0 Å². The SMILES string of the molecule is C=CCNC(=O)c1ccc(S(=O)(=O)NCC=C)cc1. The molecule has 1 aromatic rings. The highest BCUT2D eigenvalue weighted by Gasteiger charge is 2.13. The monoisotopic (exact) mass is 280 g/mol. The number of carbonyl (C=O) groups is 1. The Morgan fingerprint density at radius 1 is 1.11 bits per heavy atom. The van der Waals surface area contributed by atoms with Gasteiger partial charge in [-0.15, -0.1) is 13.2 Å². The van der Waals surface area contributed by atoms with Gasteiger partial charge >= 0.3 is 0 Å². The Labute approximate surface area is 113 Å². The lowest BCUT2D eigenvalue weighted by atomic mass is 10.2. The second kappa shape index (κ2) is 6.86. The lowest BCUT2D eigenvalue weighted by molar-refractivity contribution is 0.0958. The molecule has 0 saturated carbocycles. The number of hydrogen-bond donors (Lipinski definition) is 2. The summed E-state index contributed by atoms with van der Waals surface area (Å²) in [6, 6.07) is 5.68. The van der Waals surface area contributed by atoms with E-state index in [0.717, 1.165) is 0 Å². The minimum atomic E-state index is -3.55. The Hall–Kier alpha value is -1.92. The van der Waals surface area contributed by atoms with Crippen molar-refractivity contribution in [2.24, 2.45) is 0 Å². The van der Waals surface area contributed by atoms with Crippen LogP contribution in [0.15, 0.2) is 54.5 Å². The molecule has 0 radical (unpaired) electrons. The zero-order valence-electron chi connectivity index (χ0n) is 10.4. The fourth-order valence-corrected chi connectivity index (χ4v) is 2.30. The molecule has 1 amide bonds. The number of benzene rings is 1. The van der Waals surface area contributed by atoms with E-state index < -0.39 is 10.0 Å². The largest absolute Gasteiger partial charge is 0.349 e. The number of rotatable bonds is 7. The minimum Gasteiger partial charge on any atom is -0.349 e. The number of amides is 1. The normalized spacial score (nSPS) is 10.7. The highest BCUT2D eigenvalue weighted by atomic mass is 32.2. The van der Waals surface area contributed by atoms with E-state index in [4.69, 9.17) is 0 Å². The quantitative estimate of drug-likeness (QED) is 0.734. The van der Waals surface area contributed by atoms with Crippen molar-refractivity contribution in [1.82, 2.24) is 10.0 Å². The smallest absolute Gasteiger partial charge is 0.251 e. The van der Waals surface area contributed by atoms with Gasteiger partial charge in [-0.25, -0.2) is 13.1 Å². The molecule has 0 aliphatic rings. The summed E-state index contributed by atoms with van der Waals surface area (Å²) in [4.78, 5) is 11.7. The van der Waals surface area contributed by atoms with Crippen molar-refractivity contribution in [2.75, 3.05) is 13.1 Å². The first kappa shape index (κ1) is 15.1. The second-order valence-corrected chi connectivity index (χ2v) is 5.43. The number of sulfonamides is 1. The van der Waals surface area contributed by atoms with Crippen LogP contribution < -0.4 is 10.0 Å². The molecule has 2 N–H and O–H groups in total. The number of hydrogen-bond acceptors (Lipinski definition) is 3. The molecule has 0 heterocycles. The molecule has 0 bridgehead atoms. The second-order valence-electron chi connectivity index (χ2n) is 3.66. The lowest BCUT2D eigenvalue weighted by Gasteiger charge is -2.06. The molecule has 0 aromatic heterocycles. The molecular formula is C13H16N2O3S. The maximum Gasteiger partial charge on any atom is 0.251 e. The molecule has 0 aliphatic heterocycles. The molecule has 5 nitrogen and oxygen atoms in total. The van der Waals surface area contributed by atoms with E-state index in [1.807, 2.05) is 0 Å². The van der Waals surface area contributed by atoms with Gasteiger partial charge in [-0.2, -0.15) is 0 Å². The van der Waals surface area contributed by atoms with Crippen molar-refractivity contribution in [3.8, 4) is 0 Å². The van der Waals surface area contributed by atoms with Gasteiger partial charge in [0, 0.05) is 18.7 Å². The first-order valence-electron chi connectivity index (χ1n) is 5.61. The van der Waals surface area contributed by atoms with E-state index in [9.17, 15) is 13.2 Å². The summed E-state index contributed by atoms with van der Waals surface area (Å²) in [6.07, 6.45) is 3.02. The van der Waals surface area contributed by atoms with Gasteiger partial charge in [0.2, 0.25) is 10.0 Å². The van der Waals surface area contributed by atoms with Crippen LogP contribution in [-0.2, 0) is 10.0 Å². The van der Waals surface area contributed by atoms with Gasteiger partial charge in [0.1, 0.15) is 0 Å². The zero-order chi connectivity index (χ0) is 14.3. The first-order valence-corrected chi connectivity index (χ1v) is 7.09. The topological polar surface area (TPSA) is 75.3 Å². The van der Waals surface area contributed by atoms with Crippen LogP contribution in [-0.4, -0.2) is 27.4 Å². The van der Waals surface area contributed by atoms with Gasteiger partial charge in [0.25, 0.3) is 5.91 Å². The molecule has 0 unspecified atom stereocenters. The predicted octanol–water partition coefficient (Wildman–Crippen LogP) is 1.07. The van der Waals surface area contributed by atoms with Crippen molar-refractivity contribution in [2.45, 2.75) is 4.90 Å². The number of nitrogens with one attached hydrogen (secondary N) is 2. The van der Waals surface area contributed by atoms with Crippen LogP contribution in [0.3, 0.4) is 0 Å². The van der Waals surface area contributed by atoms with E-state index in [1.54, 1.807) is 6.08 Å². The van der Waals surface area contributed by atoms with Gasteiger partial charge in [0.05, 0.1) is 4.90 Å². The van der Waals surface area contributed by atoms with Gasteiger partial charge in [0.15, 0.2) is 0 Å². The summed E-state index contributed by atoms with van der Waals surface area (Å²) in [5.74, 6) is -0.275. The van der Waals surface area contributed by atoms with Crippen molar-refractivity contribution in [3.05, 3.63) is 55.1 Å². The highest BCUT2D eigenvalue weighted by molar-refractivity contribution is 7.89. The maximum atomic E-state index is 11.8. The van der Waals surface area contributed by atoms with E-state index in [0.29, 0.717) is 12.1 Å². The Kier molecular flexibility index (Phi) is 5.47. The van der Waals surface area contributed by atoms with Gasteiger partial charge in [-0.1, -0.05) is 12.2 Å². The van der Waals surface area contributed by atoms with Gasteiger partial charge < -0.3 is 5.32 Å². The Morgan fingerprint density at radius 3 is 2.21 bits per heavy atom. The summed E-state index contributed by atoms with van der Waals surface area (Å²) in [5, 5.41) is 2.61. The van der Waals surface area contributed by atoms with Gasteiger partial charge in [-0.05, 0) is 24.3 Å².